The number of esters is 1. The number of aliphatic hydroxyl groups excluding tert-OH is 1. The lowest BCUT2D eigenvalue weighted by atomic mass is 9.98. The summed E-state index contributed by atoms with van der Waals surface area (Å²) in [6.07, 6.45) is 3.32. The molecule has 1 fully saturated rings. The number of rotatable bonds is 16. The SMILES string of the molecule is CC.CCCc1nn(C)c2c(=O)[nH]c(-c3cc(S(=O)N4CC(CCCOC(=O)CCCO[N+](=O)[O-])C4)ccc3OCC)nc12.CO. The highest BCUT2D eigenvalue weighted by molar-refractivity contribution is 7.82. The molecular formula is C30H46N6O9S. The summed E-state index contributed by atoms with van der Waals surface area (Å²) >= 11 is 0. The number of carbonyl (C=O) groups is 1. The van der Waals surface area contributed by atoms with Crippen LogP contribution in [0, 0.1) is 16.0 Å². The molecule has 1 aliphatic heterocycles. The molecule has 0 spiro atoms. The van der Waals surface area contributed by atoms with Gasteiger partial charge in [-0.05, 0) is 56.7 Å². The zero-order chi connectivity index (χ0) is 34.2. The van der Waals surface area contributed by atoms with Crippen molar-refractivity contribution < 1.29 is 33.5 Å². The van der Waals surface area contributed by atoms with Gasteiger partial charge in [-0.1, -0.05) is 27.2 Å². The van der Waals surface area contributed by atoms with Crippen molar-refractivity contribution in [3.63, 3.8) is 0 Å². The summed E-state index contributed by atoms with van der Waals surface area (Å²) in [4.78, 5) is 47.2. The first-order valence-corrected chi connectivity index (χ1v) is 16.6. The summed E-state index contributed by atoms with van der Waals surface area (Å²) in [5, 5.41) is 20.7. The number of nitrogens with one attached hydrogen (secondary N) is 1. The predicted molar refractivity (Wildman–Crippen MR) is 173 cm³/mol. The highest BCUT2D eigenvalue weighted by atomic mass is 32.2. The van der Waals surface area contributed by atoms with Crippen LogP contribution in [-0.2, 0) is 38.8 Å². The van der Waals surface area contributed by atoms with Crippen molar-refractivity contribution in [3.8, 4) is 17.1 Å². The molecule has 3 heterocycles. The molecule has 2 N–H and O–H groups in total. The van der Waals surface area contributed by atoms with Gasteiger partial charge in [-0.15, -0.1) is 10.1 Å². The molecule has 3 aromatic rings. The highest BCUT2D eigenvalue weighted by Gasteiger charge is 2.31. The van der Waals surface area contributed by atoms with Crippen LogP contribution in [0.25, 0.3) is 22.4 Å². The van der Waals surface area contributed by atoms with Gasteiger partial charge in [-0.25, -0.2) is 13.5 Å². The summed E-state index contributed by atoms with van der Waals surface area (Å²) in [7, 11) is 1.30. The first-order chi connectivity index (χ1) is 22.2. The molecule has 256 valence electrons. The van der Waals surface area contributed by atoms with E-state index in [9.17, 15) is 23.9 Å². The van der Waals surface area contributed by atoms with Gasteiger partial charge in [-0.3, -0.25) is 14.3 Å². The molecule has 1 atom stereocenters. The summed E-state index contributed by atoms with van der Waals surface area (Å²) in [5.74, 6) is 0.778. The standard InChI is InChI=1S/C27H36N6O8S.C2H6.CH4O/c1-4-8-21-24-25(31(3)30-21)27(35)29-26(28-24)20-15-19(11-12-22(20)39-5-2)42(38)32-16-18(17-32)9-6-13-40-23(34)10-7-14-41-33(36)37;2*1-2/h11-12,15,18H,4-10,13-14,16-17H2,1-3H3,(H,28,29,35);1-2H3;2H,1H3. The van der Waals surface area contributed by atoms with E-state index in [1.54, 1.807) is 29.9 Å². The van der Waals surface area contributed by atoms with E-state index in [2.05, 4.69) is 14.9 Å². The van der Waals surface area contributed by atoms with Crippen molar-refractivity contribution in [1.82, 2.24) is 24.1 Å². The Bertz CT molecular complexity index is 1500. The molecule has 0 radical (unpaired) electrons. The number of hydrogen-bond acceptors (Lipinski definition) is 11. The number of aliphatic hydroxyl groups is 1. The van der Waals surface area contributed by atoms with Crippen LogP contribution < -0.4 is 10.3 Å². The average Bonchev–Trinajstić information content (AvgIpc) is 3.35. The first kappa shape index (κ1) is 38.3. The molecule has 2 aromatic heterocycles. The van der Waals surface area contributed by atoms with E-state index in [1.165, 1.54) is 0 Å². The van der Waals surface area contributed by atoms with Crippen LogP contribution >= 0.6 is 0 Å². The molecule has 0 bridgehead atoms. The minimum Gasteiger partial charge on any atom is -0.493 e. The van der Waals surface area contributed by atoms with Crippen LogP contribution in [-0.4, -0.2) is 84.4 Å². The van der Waals surface area contributed by atoms with Gasteiger partial charge < -0.3 is 24.4 Å². The third kappa shape index (κ3) is 10.3. The normalized spacial score (nSPS) is 13.5. The Hall–Kier alpha value is -3.89. The molecule has 1 aromatic carbocycles. The zero-order valence-electron chi connectivity index (χ0n) is 27.4. The fourth-order valence-corrected chi connectivity index (χ4v) is 6.23. The van der Waals surface area contributed by atoms with Crippen molar-refractivity contribution in [3.05, 3.63) is 44.4 Å². The Morgan fingerprint density at radius 1 is 1.20 bits per heavy atom. The molecule has 15 nitrogen and oxygen atoms in total. The fraction of sp³-hybridized carbons (Fsp3) is 0.600. The molecule has 1 unspecified atom stereocenters. The lowest BCUT2D eigenvalue weighted by Crippen LogP contribution is -2.47. The number of aryl methyl sites for hydroxylation is 2. The van der Waals surface area contributed by atoms with E-state index in [-0.39, 0.29) is 31.6 Å². The predicted octanol–water partition coefficient (Wildman–Crippen LogP) is 3.58. The van der Waals surface area contributed by atoms with Gasteiger partial charge in [0, 0.05) is 33.7 Å². The number of H-pyrrole nitrogens is 1. The van der Waals surface area contributed by atoms with Crippen LogP contribution in [0.3, 0.4) is 0 Å². The lowest BCUT2D eigenvalue weighted by Gasteiger charge is -2.38. The Morgan fingerprint density at radius 2 is 1.91 bits per heavy atom. The molecule has 46 heavy (non-hydrogen) atoms. The number of benzene rings is 1. The fourth-order valence-electron chi connectivity index (χ4n) is 4.84. The summed E-state index contributed by atoms with van der Waals surface area (Å²) in [5.41, 5.74) is 1.96. The number of fused-ring (bicyclic) bond motifs is 1. The number of carbonyl (C=O) groups excluding carboxylic acids is 1. The van der Waals surface area contributed by atoms with Crippen molar-refractivity contribution in [2.45, 2.75) is 71.1 Å². The molecule has 0 saturated carbocycles. The van der Waals surface area contributed by atoms with Crippen molar-refractivity contribution in [1.29, 1.82) is 0 Å². The van der Waals surface area contributed by atoms with Gasteiger partial charge in [0.1, 0.15) is 28.1 Å². The number of aromatic nitrogens is 4. The van der Waals surface area contributed by atoms with Crippen LogP contribution in [0.4, 0.5) is 0 Å². The second kappa shape index (κ2) is 19.6. The third-order valence-corrected chi connectivity index (χ3v) is 8.28. The first-order valence-electron chi connectivity index (χ1n) is 15.5. The van der Waals surface area contributed by atoms with Crippen LogP contribution in [0.2, 0.25) is 0 Å². The maximum Gasteiger partial charge on any atom is 0.305 e. The van der Waals surface area contributed by atoms with E-state index < -0.39 is 22.0 Å². The Balaban J connectivity index is 0.00000177. The van der Waals surface area contributed by atoms with Crippen molar-refractivity contribution in [2.24, 2.45) is 13.0 Å². The van der Waals surface area contributed by atoms with Gasteiger partial charge in [0.2, 0.25) is 0 Å². The smallest absolute Gasteiger partial charge is 0.305 e. The van der Waals surface area contributed by atoms with Crippen molar-refractivity contribution >= 4 is 28.0 Å². The number of ether oxygens (including phenoxy) is 2. The van der Waals surface area contributed by atoms with Gasteiger partial charge in [0.15, 0.2) is 5.52 Å². The van der Waals surface area contributed by atoms with E-state index in [0.717, 1.165) is 25.6 Å². The second-order valence-corrected chi connectivity index (χ2v) is 11.5. The van der Waals surface area contributed by atoms with E-state index in [4.69, 9.17) is 19.6 Å². The second-order valence-electron chi connectivity index (χ2n) is 10.0. The Kier molecular flexibility index (Phi) is 16.3. The molecule has 0 aliphatic carbocycles. The van der Waals surface area contributed by atoms with Gasteiger partial charge >= 0.3 is 5.97 Å². The van der Waals surface area contributed by atoms with Crippen LogP contribution in [0.5, 0.6) is 5.75 Å². The molecular weight excluding hydrogens is 620 g/mol. The number of hydrogen-bond donors (Lipinski definition) is 2. The lowest BCUT2D eigenvalue weighted by molar-refractivity contribution is -0.757. The minimum absolute atomic E-state index is 0.0630. The van der Waals surface area contributed by atoms with Gasteiger partial charge in [-0.2, -0.15) is 5.10 Å². The summed E-state index contributed by atoms with van der Waals surface area (Å²) in [6, 6.07) is 5.27. The van der Waals surface area contributed by atoms with Gasteiger partial charge in [0.25, 0.3) is 10.6 Å². The molecule has 1 saturated heterocycles. The maximum atomic E-state index is 13.4. The Labute approximate surface area is 270 Å². The minimum atomic E-state index is -1.42. The quantitative estimate of drug-likeness (QED) is 0.0983. The molecule has 1 aliphatic rings. The Morgan fingerprint density at radius 3 is 2.57 bits per heavy atom. The molecule has 16 heteroatoms. The summed E-state index contributed by atoms with van der Waals surface area (Å²) < 4.78 is 27.8. The van der Waals surface area contributed by atoms with Gasteiger partial charge in [0.05, 0.1) is 36.0 Å². The monoisotopic (exact) mass is 666 g/mol. The van der Waals surface area contributed by atoms with E-state index in [1.807, 2.05) is 32.0 Å². The zero-order valence-corrected chi connectivity index (χ0v) is 28.3. The van der Waals surface area contributed by atoms with Crippen LogP contribution in [0.1, 0.15) is 65.5 Å². The third-order valence-electron chi connectivity index (χ3n) is 6.86. The summed E-state index contributed by atoms with van der Waals surface area (Å²) in [6.45, 7) is 9.72. The highest BCUT2D eigenvalue weighted by Crippen LogP contribution is 2.33. The van der Waals surface area contributed by atoms with Crippen molar-refractivity contribution in [2.75, 3.05) is 40.0 Å². The van der Waals surface area contributed by atoms with Crippen LogP contribution in [0.15, 0.2) is 27.9 Å². The van der Waals surface area contributed by atoms with E-state index >= 15 is 0 Å². The molecule has 4 rings (SSSR count). The number of nitrogens with zero attached hydrogens (tertiary/aromatic N) is 5. The van der Waals surface area contributed by atoms with E-state index in [0.29, 0.717) is 71.5 Å². The topological polar surface area (TPSA) is 192 Å². The average molecular weight is 667 g/mol. The number of aromatic amines is 1. The molecule has 0 amide bonds. The largest absolute Gasteiger partial charge is 0.493 e. The maximum absolute atomic E-state index is 13.4.